The quantitative estimate of drug-likeness (QED) is 0.525. The van der Waals surface area contributed by atoms with Crippen LogP contribution in [-0.4, -0.2) is 41.1 Å². The predicted molar refractivity (Wildman–Crippen MR) is 56.8 cm³/mol. The van der Waals surface area contributed by atoms with Gasteiger partial charge in [-0.3, -0.25) is 4.79 Å². The highest BCUT2D eigenvalue weighted by Crippen LogP contribution is 2.28. The van der Waals surface area contributed by atoms with E-state index in [1.807, 2.05) is 0 Å². The summed E-state index contributed by atoms with van der Waals surface area (Å²) in [7, 11) is 1.23. The molecular formula is C9H13NO4S. The number of aliphatic carboxylic acids is 1. The van der Waals surface area contributed by atoms with Crippen LogP contribution in [0.25, 0.3) is 0 Å². The van der Waals surface area contributed by atoms with E-state index in [1.165, 1.54) is 14.0 Å². The summed E-state index contributed by atoms with van der Waals surface area (Å²) in [5.41, 5.74) is -1.16. The third-order valence-electron chi connectivity index (χ3n) is 2.77. The number of carboxylic acid groups (broad SMARTS) is 1. The van der Waals surface area contributed by atoms with Crippen LogP contribution in [0.15, 0.2) is 0 Å². The summed E-state index contributed by atoms with van der Waals surface area (Å²) in [6.07, 6.45) is 0.538. The van der Waals surface area contributed by atoms with Gasteiger partial charge in [0.25, 0.3) is 0 Å². The topological polar surface area (TPSA) is 75.6 Å². The Kier molecular flexibility index (Phi) is 3.41. The van der Waals surface area contributed by atoms with Crippen LogP contribution in [0, 0.1) is 5.92 Å². The van der Waals surface area contributed by atoms with Gasteiger partial charge < -0.3 is 15.2 Å². The first-order chi connectivity index (χ1) is 6.93. The van der Waals surface area contributed by atoms with Crippen LogP contribution in [0.1, 0.15) is 13.3 Å². The lowest BCUT2D eigenvalue weighted by Crippen LogP contribution is -2.52. The number of nitrogens with one attached hydrogen (secondary N) is 1. The predicted octanol–water partition coefficient (Wildman–Crippen LogP) is -0.0179. The van der Waals surface area contributed by atoms with Crippen molar-refractivity contribution in [3.63, 3.8) is 0 Å². The summed E-state index contributed by atoms with van der Waals surface area (Å²) in [5.74, 6) is -2.11. The molecule has 0 aromatic heterocycles. The smallest absolute Gasteiger partial charge is 0.345 e. The summed E-state index contributed by atoms with van der Waals surface area (Å²) < 4.78 is 4.50. The van der Waals surface area contributed by atoms with Gasteiger partial charge in [0.2, 0.25) is 0 Å². The van der Waals surface area contributed by atoms with Crippen LogP contribution >= 0.6 is 12.2 Å². The highest BCUT2D eigenvalue weighted by Gasteiger charge is 2.48. The maximum Gasteiger partial charge on any atom is 0.345 e. The average Bonchev–Trinajstić information content (AvgIpc) is 2.59. The van der Waals surface area contributed by atoms with Crippen molar-refractivity contribution in [2.24, 2.45) is 5.92 Å². The molecule has 6 heteroatoms. The molecular weight excluding hydrogens is 218 g/mol. The van der Waals surface area contributed by atoms with E-state index in [9.17, 15) is 9.59 Å². The Labute approximate surface area is 92.8 Å². The van der Waals surface area contributed by atoms with Crippen molar-refractivity contribution in [3.8, 4) is 0 Å². The lowest BCUT2D eigenvalue weighted by Gasteiger charge is -2.26. The standard InChI is InChI=1S/C9H13NO4S/c1-9(8(12)13)5(3-4-10-9)6(15)7(11)14-2/h5,10H,3-4H2,1-2H3,(H,12,13)/t5?,9-/m0/s1. The summed E-state index contributed by atoms with van der Waals surface area (Å²) in [6, 6.07) is 0. The van der Waals surface area contributed by atoms with E-state index in [1.54, 1.807) is 0 Å². The molecule has 1 aliphatic heterocycles. The van der Waals surface area contributed by atoms with Gasteiger partial charge in [0.15, 0.2) is 0 Å². The van der Waals surface area contributed by atoms with Gasteiger partial charge in [-0.05, 0) is 19.9 Å². The average molecular weight is 231 g/mol. The summed E-state index contributed by atoms with van der Waals surface area (Å²) in [4.78, 5) is 22.3. The van der Waals surface area contributed by atoms with Crippen molar-refractivity contribution < 1.29 is 19.4 Å². The molecule has 2 atom stereocenters. The molecule has 15 heavy (non-hydrogen) atoms. The van der Waals surface area contributed by atoms with Crippen molar-refractivity contribution in [1.29, 1.82) is 0 Å². The van der Waals surface area contributed by atoms with Crippen molar-refractivity contribution in [2.45, 2.75) is 18.9 Å². The fourth-order valence-electron chi connectivity index (χ4n) is 1.75. The molecule has 0 spiro atoms. The molecule has 0 bridgehead atoms. The number of carbonyl (C=O) groups excluding carboxylic acids is 1. The van der Waals surface area contributed by atoms with Gasteiger partial charge in [-0.15, -0.1) is 0 Å². The van der Waals surface area contributed by atoms with E-state index < -0.39 is 23.4 Å². The van der Waals surface area contributed by atoms with Crippen molar-refractivity contribution in [2.75, 3.05) is 13.7 Å². The molecule has 2 N–H and O–H groups in total. The van der Waals surface area contributed by atoms with Crippen LogP contribution in [0.2, 0.25) is 0 Å². The summed E-state index contributed by atoms with van der Waals surface area (Å²) in [5, 5.41) is 11.9. The molecule has 1 fully saturated rings. The minimum absolute atomic E-state index is 0.0485. The van der Waals surface area contributed by atoms with Gasteiger partial charge in [0.1, 0.15) is 10.4 Å². The number of thiocarbonyl (C=S) groups is 1. The fraction of sp³-hybridized carbons (Fsp3) is 0.667. The van der Waals surface area contributed by atoms with Crippen molar-refractivity contribution in [3.05, 3.63) is 0 Å². The number of hydrogen-bond acceptors (Lipinski definition) is 5. The second kappa shape index (κ2) is 4.24. The molecule has 0 amide bonds. The molecule has 0 radical (unpaired) electrons. The SMILES string of the molecule is COC(=O)C(=S)C1CCN[C@]1(C)C(=O)O. The highest BCUT2D eigenvalue weighted by atomic mass is 32.1. The molecule has 0 aromatic carbocycles. The van der Waals surface area contributed by atoms with Crippen LogP contribution < -0.4 is 5.32 Å². The van der Waals surface area contributed by atoms with Gasteiger partial charge in [0, 0.05) is 5.92 Å². The van der Waals surface area contributed by atoms with E-state index in [-0.39, 0.29) is 4.86 Å². The molecule has 5 nitrogen and oxygen atoms in total. The number of esters is 1. The highest BCUT2D eigenvalue weighted by molar-refractivity contribution is 7.82. The number of carbonyl (C=O) groups is 2. The molecule has 0 aliphatic carbocycles. The Balaban J connectivity index is 2.90. The van der Waals surface area contributed by atoms with Gasteiger partial charge in [-0.25, -0.2) is 4.79 Å². The van der Waals surface area contributed by atoms with Crippen LogP contribution in [0.4, 0.5) is 0 Å². The molecule has 1 heterocycles. The molecule has 1 rings (SSSR count). The number of rotatable bonds is 3. The number of methoxy groups -OCH3 is 1. The Morgan fingerprint density at radius 1 is 1.60 bits per heavy atom. The number of carboxylic acids is 1. The zero-order valence-corrected chi connectivity index (χ0v) is 9.39. The Morgan fingerprint density at radius 3 is 2.67 bits per heavy atom. The lowest BCUT2D eigenvalue weighted by atomic mass is 9.85. The monoisotopic (exact) mass is 231 g/mol. The van der Waals surface area contributed by atoms with Gasteiger partial charge in [0.05, 0.1) is 7.11 Å². The molecule has 0 aromatic rings. The van der Waals surface area contributed by atoms with E-state index in [0.717, 1.165) is 0 Å². The number of hydrogen-bond donors (Lipinski definition) is 2. The Hall–Kier alpha value is -1.01. The van der Waals surface area contributed by atoms with E-state index in [4.69, 9.17) is 17.3 Å². The minimum Gasteiger partial charge on any atom is -0.480 e. The molecule has 1 saturated heterocycles. The van der Waals surface area contributed by atoms with E-state index in [0.29, 0.717) is 13.0 Å². The zero-order chi connectivity index (χ0) is 11.6. The Morgan fingerprint density at radius 2 is 2.20 bits per heavy atom. The van der Waals surface area contributed by atoms with Crippen molar-refractivity contribution in [1.82, 2.24) is 5.32 Å². The van der Waals surface area contributed by atoms with E-state index >= 15 is 0 Å². The minimum atomic E-state index is -1.16. The summed E-state index contributed by atoms with van der Waals surface area (Å²) in [6.45, 7) is 2.06. The summed E-state index contributed by atoms with van der Waals surface area (Å²) >= 11 is 4.93. The molecule has 1 aliphatic rings. The largest absolute Gasteiger partial charge is 0.480 e. The first kappa shape index (κ1) is 12.1. The van der Waals surface area contributed by atoms with Crippen LogP contribution in [-0.2, 0) is 14.3 Å². The van der Waals surface area contributed by atoms with E-state index in [2.05, 4.69) is 10.1 Å². The second-order valence-corrected chi connectivity index (χ2v) is 4.07. The fourth-order valence-corrected chi connectivity index (χ4v) is 2.19. The van der Waals surface area contributed by atoms with Gasteiger partial charge in [-0.1, -0.05) is 12.2 Å². The molecule has 1 unspecified atom stereocenters. The normalized spacial score (nSPS) is 29.9. The maximum absolute atomic E-state index is 11.2. The third-order valence-corrected chi connectivity index (χ3v) is 3.22. The van der Waals surface area contributed by atoms with Gasteiger partial charge >= 0.3 is 11.9 Å². The maximum atomic E-state index is 11.2. The van der Waals surface area contributed by atoms with Crippen molar-refractivity contribution >= 4 is 29.0 Å². The third kappa shape index (κ3) is 2.00. The first-order valence-corrected chi connectivity index (χ1v) is 4.95. The van der Waals surface area contributed by atoms with Crippen LogP contribution in [0.3, 0.4) is 0 Å². The second-order valence-electron chi connectivity index (χ2n) is 3.63. The lowest BCUT2D eigenvalue weighted by molar-refractivity contribution is -0.144. The zero-order valence-electron chi connectivity index (χ0n) is 8.57. The Bertz CT molecular complexity index is 317. The first-order valence-electron chi connectivity index (χ1n) is 4.54. The number of ether oxygens (including phenoxy) is 1. The van der Waals surface area contributed by atoms with Gasteiger partial charge in [-0.2, -0.15) is 0 Å². The molecule has 0 saturated carbocycles. The molecule has 84 valence electrons. The van der Waals surface area contributed by atoms with Crippen LogP contribution in [0.5, 0.6) is 0 Å².